The number of aliphatic hydroxyl groups is 1. The first-order valence-electron chi connectivity index (χ1n) is 5.85. The molecule has 0 aliphatic heterocycles. The molecule has 1 aromatic heterocycles. The number of aryl methyl sites for hydroxylation is 1. The van der Waals surface area contributed by atoms with Gasteiger partial charge in [-0.25, -0.2) is 9.97 Å². The Balaban J connectivity index is 2.70. The predicted octanol–water partition coefficient (Wildman–Crippen LogP) is 2.51. The van der Waals surface area contributed by atoms with Crippen molar-refractivity contribution in [3.05, 3.63) is 17.0 Å². The van der Waals surface area contributed by atoms with Crippen molar-refractivity contribution in [2.75, 3.05) is 18.5 Å². The van der Waals surface area contributed by atoms with Gasteiger partial charge in [-0.1, -0.05) is 32.4 Å². The van der Waals surface area contributed by atoms with Crippen LogP contribution >= 0.6 is 11.6 Å². The van der Waals surface area contributed by atoms with Gasteiger partial charge in [-0.15, -0.1) is 0 Å². The first-order valence-corrected chi connectivity index (χ1v) is 6.23. The van der Waals surface area contributed by atoms with Crippen molar-refractivity contribution in [1.82, 2.24) is 9.97 Å². The van der Waals surface area contributed by atoms with E-state index in [1.807, 2.05) is 13.8 Å². The molecule has 0 unspecified atom stereocenters. The van der Waals surface area contributed by atoms with E-state index in [0.29, 0.717) is 11.7 Å². The fourth-order valence-corrected chi connectivity index (χ4v) is 1.48. The molecule has 0 aromatic carbocycles. The number of hydrogen-bond acceptors (Lipinski definition) is 4. The molecule has 1 rings (SSSR count). The molecule has 0 radical (unpaired) electrons. The smallest absolute Gasteiger partial charge is 0.134 e. The third-order valence-electron chi connectivity index (χ3n) is 2.39. The summed E-state index contributed by atoms with van der Waals surface area (Å²) in [6.45, 7) is 6.81. The Hall–Kier alpha value is -0.870. The highest BCUT2D eigenvalue weighted by molar-refractivity contribution is 6.29. The SMILES string of the molecule is CCCc1nc(Cl)cc(NCC(C)(C)CO)n1. The van der Waals surface area contributed by atoms with E-state index in [-0.39, 0.29) is 12.0 Å². The van der Waals surface area contributed by atoms with Gasteiger partial charge in [0.1, 0.15) is 16.8 Å². The van der Waals surface area contributed by atoms with Gasteiger partial charge in [0.05, 0.1) is 0 Å². The maximum absolute atomic E-state index is 9.17. The Morgan fingerprint density at radius 1 is 1.41 bits per heavy atom. The zero-order chi connectivity index (χ0) is 12.9. The van der Waals surface area contributed by atoms with Crippen LogP contribution in [0.5, 0.6) is 0 Å². The fourth-order valence-electron chi connectivity index (χ4n) is 1.28. The maximum atomic E-state index is 9.17. The van der Waals surface area contributed by atoms with Crippen molar-refractivity contribution >= 4 is 17.4 Å². The van der Waals surface area contributed by atoms with Crippen LogP contribution < -0.4 is 5.32 Å². The van der Waals surface area contributed by atoms with Crippen LogP contribution in [0.25, 0.3) is 0 Å². The third kappa shape index (κ3) is 4.88. The Morgan fingerprint density at radius 2 is 2.12 bits per heavy atom. The van der Waals surface area contributed by atoms with E-state index in [9.17, 15) is 0 Å². The molecule has 0 amide bonds. The molecule has 5 heteroatoms. The topological polar surface area (TPSA) is 58.0 Å². The summed E-state index contributed by atoms with van der Waals surface area (Å²) in [7, 11) is 0. The minimum absolute atomic E-state index is 0.126. The van der Waals surface area contributed by atoms with Gasteiger partial charge >= 0.3 is 0 Å². The summed E-state index contributed by atoms with van der Waals surface area (Å²) in [6.07, 6.45) is 1.81. The molecule has 0 saturated heterocycles. The lowest BCUT2D eigenvalue weighted by atomic mass is 9.95. The van der Waals surface area contributed by atoms with Crippen LogP contribution in [-0.2, 0) is 6.42 Å². The Morgan fingerprint density at radius 3 is 2.71 bits per heavy atom. The summed E-state index contributed by atoms with van der Waals surface area (Å²) in [4.78, 5) is 8.53. The molecule has 0 bridgehead atoms. The largest absolute Gasteiger partial charge is 0.396 e. The van der Waals surface area contributed by atoms with Crippen molar-refractivity contribution in [2.24, 2.45) is 5.41 Å². The monoisotopic (exact) mass is 257 g/mol. The van der Waals surface area contributed by atoms with Gasteiger partial charge in [0.15, 0.2) is 0 Å². The van der Waals surface area contributed by atoms with Crippen molar-refractivity contribution in [2.45, 2.75) is 33.6 Å². The quantitative estimate of drug-likeness (QED) is 0.769. The third-order valence-corrected chi connectivity index (χ3v) is 2.58. The Kier molecular flexibility index (Phi) is 5.15. The van der Waals surface area contributed by atoms with Crippen LogP contribution in [0.15, 0.2) is 6.07 Å². The van der Waals surface area contributed by atoms with Crippen molar-refractivity contribution in [3.8, 4) is 0 Å². The highest BCUT2D eigenvalue weighted by Gasteiger charge is 2.16. The molecule has 96 valence electrons. The zero-order valence-corrected chi connectivity index (χ0v) is 11.4. The summed E-state index contributed by atoms with van der Waals surface area (Å²) >= 11 is 5.93. The fraction of sp³-hybridized carbons (Fsp3) is 0.667. The minimum atomic E-state index is -0.178. The number of nitrogens with zero attached hydrogens (tertiary/aromatic N) is 2. The summed E-state index contributed by atoms with van der Waals surface area (Å²) in [5.74, 6) is 1.47. The van der Waals surface area contributed by atoms with Crippen molar-refractivity contribution in [3.63, 3.8) is 0 Å². The van der Waals surface area contributed by atoms with E-state index in [4.69, 9.17) is 16.7 Å². The number of rotatable bonds is 6. The number of nitrogens with one attached hydrogen (secondary N) is 1. The van der Waals surface area contributed by atoms with Crippen LogP contribution in [0, 0.1) is 5.41 Å². The van der Waals surface area contributed by atoms with Crippen LogP contribution in [0.4, 0.5) is 5.82 Å². The van der Waals surface area contributed by atoms with E-state index < -0.39 is 0 Å². The van der Waals surface area contributed by atoms with Gasteiger partial charge in [0.2, 0.25) is 0 Å². The summed E-state index contributed by atoms with van der Waals surface area (Å²) < 4.78 is 0. The van der Waals surface area contributed by atoms with E-state index in [1.165, 1.54) is 0 Å². The zero-order valence-electron chi connectivity index (χ0n) is 10.6. The standard InChI is InChI=1S/C12H20ClN3O/c1-4-5-10-15-9(13)6-11(16-10)14-7-12(2,3)8-17/h6,17H,4-5,7-8H2,1-3H3,(H,14,15,16). The minimum Gasteiger partial charge on any atom is -0.396 e. The normalized spacial score (nSPS) is 11.6. The van der Waals surface area contributed by atoms with Gasteiger partial charge in [-0.2, -0.15) is 0 Å². The van der Waals surface area contributed by atoms with Crippen LogP contribution in [0.2, 0.25) is 5.15 Å². The summed E-state index contributed by atoms with van der Waals surface area (Å²) in [5, 5.41) is 12.8. The molecule has 1 heterocycles. The average molecular weight is 258 g/mol. The highest BCUT2D eigenvalue weighted by Crippen LogP contribution is 2.17. The molecule has 0 aliphatic rings. The molecular formula is C12H20ClN3O. The van der Waals surface area contributed by atoms with Gasteiger partial charge in [-0.3, -0.25) is 0 Å². The highest BCUT2D eigenvalue weighted by atomic mass is 35.5. The Bertz CT molecular complexity index is 369. The van der Waals surface area contributed by atoms with Crippen LogP contribution in [0.1, 0.15) is 33.0 Å². The average Bonchev–Trinajstić information content (AvgIpc) is 2.26. The molecule has 0 spiro atoms. The second-order valence-electron chi connectivity index (χ2n) is 4.92. The number of aromatic nitrogens is 2. The second-order valence-corrected chi connectivity index (χ2v) is 5.31. The van der Waals surface area contributed by atoms with E-state index in [2.05, 4.69) is 22.2 Å². The summed E-state index contributed by atoms with van der Waals surface area (Å²) in [5.41, 5.74) is -0.178. The van der Waals surface area contributed by atoms with E-state index in [1.54, 1.807) is 6.07 Å². The molecule has 0 saturated carbocycles. The van der Waals surface area contributed by atoms with Crippen LogP contribution in [-0.4, -0.2) is 28.2 Å². The first kappa shape index (κ1) is 14.2. The lowest BCUT2D eigenvalue weighted by molar-refractivity contribution is 0.170. The molecule has 0 fully saturated rings. The predicted molar refractivity (Wildman–Crippen MR) is 70.4 cm³/mol. The van der Waals surface area contributed by atoms with Gasteiger partial charge < -0.3 is 10.4 Å². The number of hydrogen-bond donors (Lipinski definition) is 2. The molecule has 4 nitrogen and oxygen atoms in total. The van der Waals surface area contributed by atoms with E-state index >= 15 is 0 Å². The first-order chi connectivity index (χ1) is 7.96. The molecule has 1 aromatic rings. The van der Waals surface area contributed by atoms with Gasteiger partial charge in [0.25, 0.3) is 0 Å². The Labute approximate surface area is 107 Å². The van der Waals surface area contributed by atoms with Gasteiger partial charge in [0, 0.05) is 31.1 Å². The van der Waals surface area contributed by atoms with E-state index in [0.717, 1.165) is 24.5 Å². The molecule has 0 aliphatic carbocycles. The maximum Gasteiger partial charge on any atom is 0.134 e. The number of aliphatic hydroxyl groups excluding tert-OH is 1. The van der Waals surface area contributed by atoms with Gasteiger partial charge in [-0.05, 0) is 6.42 Å². The summed E-state index contributed by atoms with van der Waals surface area (Å²) in [6, 6.07) is 1.70. The molecule has 0 atom stereocenters. The molecular weight excluding hydrogens is 238 g/mol. The van der Waals surface area contributed by atoms with Crippen LogP contribution in [0.3, 0.4) is 0 Å². The molecule has 2 N–H and O–H groups in total. The lowest BCUT2D eigenvalue weighted by Gasteiger charge is -2.22. The van der Waals surface area contributed by atoms with Crippen molar-refractivity contribution in [1.29, 1.82) is 0 Å². The molecule has 17 heavy (non-hydrogen) atoms. The number of anilines is 1. The lowest BCUT2D eigenvalue weighted by Crippen LogP contribution is -2.27. The second kappa shape index (κ2) is 6.17. The number of halogens is 1. The van der Waals surface area contributed by atoms with Crippen molar-refractivity contribution < 1.29 is 5.11 Å².